The first-order valence-electron chi connectivity index (χ1n) is 24.1. The number of likely N-dealkylation sites (N-methyl/N-ethyl adjacent to an activating group) is 1. The minimum absolute atomic E-state index is 0.0542. The third-order valence-electron chi connectivity index (χ3n) is 15.4. The number of thiophene rings is 1. The molecule has 0 amide bonds. The Hall–Kier alpha value is -3.71. The van der Waals surface area contributed by atoms with E-state index in [1.807, 2.05) is 56.3 Å². The van der Waals surface area contributed by atoms with Crippen LogP contribution in [0.1, 0.15) is 92.9 Å². The van der Waals surface area contributed by atoms with E-state index in [1.165, 1.54) is 25.4 Å². The lowest BCUT2D eigenvalue weighted by Gasteiger charge is -2.49. The molecule has 69 heavy (non-hydrogen) atoms. The zero-order chi connectivity index (χ0) is 50.4. The number of aliphatic hydroxyl groups is 2. The summed E-state index contributed by atoms with van der Waals surface area (Å²) in [6, 6.07) is 8.20. The molecule has 18 heteroatoms. The summed E-state index contributed by atoms with van der Waals surface area (Å²) >= 11 is 1.46. The van der Waals surface area contributed by atoms with Gasteiger partial charge in [-0.1, -0.05) is 38.7 Å². The Labute approximate surface area is 409 Å². The van der Waals surface area contributed by atoms with Crippen molar-refractivity contribution in [1.29, 1.82) is 0 Å². The van der Waals surface area contributed by atoms with Gasteiger partial charge >= 0.3 is 11.9 Å². The van der Waals surface area contributed by atoms with E-state index in [4.69, 9.17) is 37.9 Å². The Morgan fingerprint density at radius 1 is 0.957 bits per heavy atom. The standard InChI is InChI=1S/C51H71N3O14S/c1-13-35-51(9)41-37(46(60)68-51)53-26-48(41,6)42(57)27(2)24-50(8,62-22-16-17-31-19-20-34(69-31)32-18-14-15-21-52-32)44(67-47-39(56)33(54(10)11)23-28(3)63-47)40(38(55)29(4)45(59)65-35)66-36-25-49(7,61-12)43(58)30(5)64-36/h14-15,18-21,27-30,33,35-37,39-41,43-44,47,53,56,58H,13,22-26H2,1-12H3/t27-,28-,29-,30+,33+,35-,36?,37?,39-,40+,41?,43+,44-,47+,48?,49?,50+,51-/m1/s1. The lowest BCUT2D eigenvalue weighted by Crippen LogP contribution is -2.63. The Kier molecular flexibility index (Phi) is 16.0. The number of carbonyl (C=O) groups excluding carboxylic acids is 4. The largest absolute Gasteiger partial charge is 0.458 e. The molecule has 17 nitrogen and oxygen atoms in total. The van der Waals surface area contributed by atoms with E-state index in [-0.39, 0.29) is 38.2 Å². The highest BCUT2D eigenvalue weighted by Crippen LogP contribution is 2.53. The zero-order valence-corrected chi connectivity index (χ0v) is 42.7. The maximum Gasteiger partial charge on any atom is 0.324 e. The molecule has 0 bridgehead atoms. The fourth-order valence-electron chi connectivity index (χ4n) is 11.4. The molecule has 380 valence electrons. The maximum atomic E-state index is 15.5. The van der Waals surface area contributed by atoms with Gasteiger partial charge < -0.3 is 58.3 Å². The van der Waals surface area contributed by atoms with Crippen LogP contribution in [0.25, 0.3) is 10.6 Å². The Balaban J connectivity index is 1.38. The van der Waals surface area contributed by atoms with Crippen LogP contribution < -0.4 is 5.32 Å². The van der Waals surface area contributed by atoms with Gasteiger partial charge in [0.25, 0.3) is 0 Å². The van der Waals surface area contributed by atoms with E-state index < -0.39 is 125 Å². The number of Topliss-reactive ketones (excluding diaryl/α,β-unsaturated/α-hetero) is 2. The average Bonchev–Trinajstić information content (AvgIpc) is 4.02. The van der Waals surface area contributed by atoms with E-state index in [0.29, 0.717) is 6.42 Å². The molecule has 0 spiro atoms. The fraction of sp³-hybridized carbons (Fsp3) is 0.706. The number of carbonyl (C=O) groups is 4. The second-order valence-corrected chi connectivity index (χ2v) is 21.8. The van der Waals surface area contributed by atoms with Crippen LogP contribution in [0.4, 0.5) is 0 Å². The highest BCUT2D eigenvalue weighted by atomic mass is 32.1. The number of aromatic nitrogens is 1. The van der Waals surface area contributed by atoms with Gasteiger partial charge in [0.2, 0.25) is 0 Å². The van der Waals surface area contributed by atoms with Crippen molar-refractivity contribution in [3.05, 3.63) is 41.4 Å². The highest BCUT2D eigenvalue weighted by Gasteiger charge is 2.69. The van der Waals surface area contributed by atoms with Crippen LogP contribution in [0.15, 0.2) is 36.5 Å². The van der Waals surface area contributed by atoms with Crippen molar-refractivity contribution in [3.63, 3.8) is 0 Å². The lowest BCUT2D eigenvalue weighted by molar-refractivity contribution is -0.328. The van der Waals surface area contributed by atoms with Crippen molar-refractivity contribution in [3.8, 4) is 22.4 Å². The average molecular weight is 982 g/mol. The Morgan fingerprint density at radius 2 is 1.70 bits per heavy atom. The predicted octanol–water partition coefficient (Wildman–Crippen LogP) is 4.08. The minimum atomic E-state index is -1.74. The number of rotatable bonds is 10. The minimum Gasteiger partial charge on any atom is -0.458 e. The fourth-order valence-corrected chi connectivity index (χ4v) is 12.3. The molecule has 5 aliphatic heterocycles. The molecule has 0 radical (unpaired) electrons. The molecule has 0 saturated carbocycles. The third-order valence-corrected chi connectivity index (χ3v) is 16.4. The molecule has 2 aromatic heterocycles. The number of esters is 2. The lowest BCUT2D eigenvalue weighted by atomic mass is 9.62. The van der Waals surface area contributed by atoms with E-state index in [2.05, 4.69) is 22.1 Å². The third kappa shape index (κ3) is 10.3. The van der Waals surface area contributed by atoms with Gasteiger partial charge in [-0.05, 0) is 99.2 Å². The molecule has 7 heterocycles. The molecule has 0 aromatic carbocycles. The molecule has 5 fully saturated rings. The van der Waals surface area contributed by atoms with Crippen LogP contribution in [0.5, 0.6) is 0 Å². The van der Waals surface area contributed by atoms with Gasteiger partial charge in [-0.15, -0.1) is 11.3 Å². The smallest absolute Gasteiger partial charge is 0.324 e. The molecule has 2 aromatic rings. The van der Waals surface area contributed by atoms with Crippen LogP contribution >= 0.6 is 11.3 Å². The second kappa shape index (κ2) is 20.8. The monoisotopic (exact) mass is 981 g/mol. The van der Waals surface area contributed by atoms with Gasteiger partial charge in [0.05, 0.1) is 38.9 Å². The van der Waals surface area contributed by atoms with Crippen LogP contribution in [0.3, 0.4) is 0 Å². The summed E-state index contributed by atoms with van der Waals surface area (Å²) in [6.07, 6.45) is -8.29. The van der Waals surface area contributed by atoms with E-state index >= 15 is 9.59 Å². The first kappa shape index (κ1) is 53.1. The van der Waals surface area contributed by atoms with Gasteiger partial charge in [-0.25, -0.2) is 0 Å². The molecule has 5 unspecified atom stereocenters. The number of methoxy groups -OCH3 is 1. The number of cyclic esters (lactones) is 1. The summed E-state index contributed by atoms with van der Waals surface area (Å²) in [6.45, 7) is 15.3. The molecule has 0 aliphatic carbocycles. The molecular formula is C51H71N3O14S. The summed E-state index contributed by atoms with van der Waals surface area (Å²) in [4.78, 5) is 67.1. The second-order valence-electron chi connectivity index (χ2n) is 20.7. The summed E-state index contributed by atoms with van der Waals surface area (Å²) in [5, 5.41) is 26.5. The van der Waals surface area contributed by atoms with Gasteiger partial charge in [-0.2, -0.15) is 0 Å². The van der Waals surface area contributed by atoms with Gasteiger partial charge in [-0.3, -0.25) is 24.2 Å². The highest BCUT2D eigenvalue weighted by molar-refractivity contribution is 7.16. The van der Waals surface area contributed by atoms with Crippen LogP contribution in [-0.2, 0) is 57.1 Å². The number of ether oxygens (including phenoxy) is 8. The van der Waals surface area contributed by atoms with Crippen LogP contribution in [0.2, 0.25) is 0 Å². The molecule has 5 aliphatic rings. The van der Waals surface area contributed by atoms with Crippen LogP contribution in [0, 0.1) is 35.0 Å². The molecule has 7 rings (SSSR count). The zero-order valence-electron chi connectivity index (χ0n) is 41.9. The quantitative estimate of drug-likeness (QED) is 0.174. The number of aliphatic hydroxyl groups excluding tert-OH is 2. The summed E-state index contributed by atoms with van der Waals surface area (Å²) in [5.74, 6) is 0.672. The summed E-state index contributed by atoms with van der Waals surface area (Å²) < 4.78 is 51.4. The van der Waals surface area contributed by atoms with E-state index in [0.717, 1.165) is 15.4 Å². The van der Waals surface area contributed by atoms with Gasteiger partial charge in [0, 0.05) is 49.6 Å². The number of nitrogens with one attached hydrogen (secondary N) is 1. The SMILES string of the molecule is CC[C@H]1OC(=O)[C@H](C)C(=O)[C@H](OC2CC(C)(OC)[C@@H](O)[C@H](C)O2)[C@@H](O[C@@H]2O[C@H](C)C[C@H](N(C)C)[C@H]2O)[C@@](C)(OCC#Cc2ccc(-c3ccccn3)s2)C[C@@H](C)C(=O)C2(C)CNC3C(=O)O[C@@]1(C)C32. The van der Waals surface area contributed by atoms with Crippen molar-refractivity contribution >= 4 is 34.8 Å². The van der Waals surface area contributed by atoms with Crippen molar-refractivity contribution < 1.29 is 67.3 Å². The number of nitrogens with zero attached hydrogens (tertiary/aromatic N) is 2. The molecular weight excluding hydrogens is 911 g/mol. The molecule has 3 N–H and O–H groups in total. The Morgan fingerprint density at radius 3 is 2.36 bits per heavy atom. The van der Waals surface area contributed by atoms with Crippen molar-refractivity contribution in [2.75, 3.05) is 34.4 Å². The first-order chi connectivity index (χ1) is 32.5. The topological polar surface area (TPSA) is 211 Å². The number of hydrogen-bond acceptors (Lipinski definition) is 18. The Bertz CT molecular complexity index is 2250. The maximum absolute atomic E-state index is 15.5. The van der Waals surface area contributed by atoms with Gasteiger partial charge in [0.1, 0.15) is 54.9 Å². The van der Waals surface area contributed by atoms with E-state index in [9.17, 15) is 19.8 Å². The van der Waals surface area contributed by atoms with Crippen LogP contribution in [-0.4, -0.2) is 162 Å². The number of hydrogen-bond donors (Lipinski definition) is 3. The first-order valence-corrected chi connectivity index (χ1v) is 24.9. The van der Waals surface area contributed by atoms with E-state index in [1.54, 1.807) is 54.7 Å². The normalized spacial score (nSPS) is 42.0. The van der Waals surface area contributed by atoms with Crippen molar-refractivity contribution in [1.82, 2.24) is 15.2 Å². The predicted molar refractivity (Wildman–Crippen MR) is 252 cm³/mol. The van der Waals surface area contributed by atoms with Crippen molar-refractivity contribution in [2.24, 2.45) is 23.2 Å². The molecule has 5 saturated heterocycles. The van der Waals surface area contributed by atoms with Crippen molar-refractivity contribution in [2.45, 2.75) is 172 Å². The summed E-state index contributed by atoms with van der Waals surface area (Å²) in [5.41, 5.74) is -4.76. The van der Waals surface area contributed by atoms with Gasteiger partial charge in [0.15, 0.2) is 24.0 Å². The number of pyridine rings is 1. The number of ketones is 2. The summed E-state index contributed by atoms with van der Waals surface area (Å²) in [7, 11) is 5.13. The molecule has 18 atom stereocenters.